The van der Waals surface area contributed by atoms with E-state index in [2.05, 4.69) is 59.9 Å². The molecule has 0 amide bonds. The number of aromatic hydroxyl groups is 4. The number of rotatable bonds is 11. The zero-order valence-corrected chi connectivity index (χ0v) is 63.0. The van der Waals surface area contributed by atoms with Crippen molar-refractivity contribution in [2.24, 2.45) is 23.7 Å². The van der Waals surface area contributed by atoms with Gasteiger partial charge >= 0.3 is 0 Å². The molecule has 13 aliphatic rings. The number of aldehydes is 1. The summed E-state index contributed by atoms with van der Waals surface area (Å²) in [6, 6.07) is 40.7. The van der Waals surface area contributed by atoms with Gasteiger partial charge in [-0.1, -0.05) is 59.1 Å². The number of carbonyl (C=O) groups excluding carboxylic acids is 5. The second kappa shape index (κ2) is 34.8. The van der Waals surface area contributed by atoms with E-state index in [4.69, 9.17) is 48.7 Å². The molecule has 24 heteroatoms. The van der Waals surface area contributed by atoms with E-state index in [9.17, 15) is 44.4 Å². The summed E-state index contributed by atoms with van der Waals surface area (Å²) in [7, 11) is 10.2. The lowest BCUT2D eigenvalue weighted by Crippen LogP contribution is -2.53. The van der Waals surface area contributed by atoms with Crippen molar-refractivity contribution < 1.29 is 93.1 Å². The van der Waals surface area contributed by atoms with E-state index in [-0.39, 0.29) is 131 Å². The third kappa shape index (κ3) is 16.8. The molecular weight excluding hydrogens is 1450 g/mol. The number of nitrogens with zero attached hydrogens (tertiary/aromatic N) is 4. The van der Waals surface area contributed by atoms with E-state index in [1.807, 2.05) is 72.8 Å². The second-order valence-corrected chi connectivity index (χ2v) is 30.6. The molecular formula is C89H102BN4O19-. The molecule has 4 N–H and O–H groups in total. The van der Waals surface area contributed by atoms with Crippen LogP contribution in [0.2, 0.25) is 0 Å². The summed E-state index contributed by atoms with van der Waals surface area (Å²) in [4.78, 5) is 71.4. The van der Waals surface area contributed by atoms with Gasteiger partial charge in [0.25, 0.3) is 0 Å². The lowest BCUT2D eigenvalue weighted by atomic mass is 9.76. The van der Waals surface area contributed by atoms with Crippen molar-refractivity contribution in [3.05, 3.63) is 184 Å². The number of carbonyl (C=O) groups is 5. The Labute approximate surface area is 662 Å². The van der Waals surface area contributed by atoms with Crippen LogP contribution in [-0.4, -0.2) is 188 Å². The van der Waals surface area contributed by atoms with Crippen molar-refractivity contribution in [3.63, 3.8) is 0 Å². The highest BCUT2D eigenvalue weighted by Gasteiger charge is 2.53. The highest BCUT2D eigenvalue weighted by molar-refractivity contribution is 6.16. The highest BCUT2D eigenvalue weighted by Crippen LogP contribution is 2.48. The van der Waals surface area contributed by atoms with Crippen LogP contribution in [0.3, 0.4) is 0 Å². The van der Waals surface area contributed by atoms with Crippen LogP contribution >= 0.6 is 0 Å². The lowest BCUT2D eigenvalue weighted by Gasteiger charge is -2.41. The van der Waals surface area contributed by atoms with E-state index >= 15 is 0 Å². The highest BCUT2D eigenvalue weighted by atomic mass is 19.2. The number of phenols is 4. The summed E-state index contributed by atoms with van der Waals surface area (Å²) < 4.78 is 59.9. The van der Waals surface area contributed by atoms with Gasteiger partial charge in [0.05, 0.1) is 0 Å². The number of fused-ring (bicyclic) bond motifs is 13. The van der Waals surface area contributed by atoms with Crippen molar-refractivity contribution in [2.75, 3.05) is 62.2 Å². The van der Waals surface area contributed by atoms with Crippen LogP contribution in [0.1, 0.15) is 124 Å². The molecule has 20 rings (SSSR count). The number of ether oxygens (including phenoxy) is 10. The summed E-state index contributed by atoms with van der Waals surface area (Å²) in [5, 5.41) is 38.6. The first-order valence-electron chi connectivity index (χ1n) is 38.9. The molecule has 113 heavy (non-hydrogen) atoms. The van der Waals surface area contributed by atoms with Crippen LogP contribution < -0.4 is 47.4 Å². The molecule has 8 bridgehead atoms. The van der Waals surface area contributed by atoms with Gasteiger partial charge in [-0.15, -0.1) is 0 Å². The number of phenolic OH excluding ortho intramolecular Hbond substituents is 4. The van der Waals surface area contributed by atoms with Gasteiger partial charge in [-0.3, -0.25) is 43.6 Å². The Hall–Kier alpha value is -10.5. The average molecular weight is 1550 g/mol. The quantitative estimate of drug-likeness (QED) is 0.0308. The summed E-state index contributed by atoms with van der Waals surface area (Å²) >= 11 is 0. The van der Waals surface area contributed by atoms with Gasteiger partial charge in [0, 0.05) is 102 Å². The lowest BCUT2D eigenvalue weighted by molar-refractivity contribution is -0.135. The van der Waals surface area contributed by atoms with Crippen molar-refractivity contribution >= 4 is 49.4 Å². The fraction of sp³-hybridized carbons (Fsp3) is 0.416. The van der Waals surface area contributed by atoms with E-state index < -0.39 is 0 Å². The maximum absolute atomic E-state index is 13.7. The number of hydrogen-bond acceptors (Lipinski definition) is 23. The van der Waals surface area contributed by atoms with Gasteiger partial charge < -0.3 is 74.6 Å². The van der Waals surface area contributed by atoms with Crippen LogP contribution in [0, 0.1) is 30.5 Å². The molecule has 13 aliphatic heterocycles. The fourth-order valence-electron chi connectivity index (χ4n) is 18.8. The van der Waals surface area contributed by atoms with Crippen molar-refractivity contribution in [2.45, 2.75) is 153 Å². The number of hydrogen-bond donors (Lipinski definition) is 4. The Kier molecular flexibility index (Phi) is 24.4. The van der Waals surface area contributed by atoms with Gasteiger partial charge in [-0.2, -0.15) is 0 Å². The minimum absolute atomic E-state index is 0. The molecule has 0 spiro atoms. The topological polar surface area (TPSA) is 272 Å². The molecule has 7 aromatic carbocycles. The molecule has 0 aromatic heterocycles. The Morgan fingerprint density at radius 1 is 0.389 bits per heavy atom. The minimum Gasteiger partial charge on any atom is -0.504 e. The van der Waals surface area contributed by atoms with E-state index in [0.717, 1.165) is 161 Å². The largest absolute Gasteiger partial charge is 0.504 e. The van der Waals surface area contributed by atoms with E-state index in [0.29, 0.717) is 65.6 Å². The molecule has 0 saturated carbocycles. The first kappa shape index (κ1) is 79.1. The monoisotopic (exact) mass is 1550 g/mol. The van der Waals surface area contributed by atoms with Crippen molar-refractivity contribution in [1.82, 2.24) is 19.6 Å². The predicted molar refractivity (Wildman–Crippen MR) is 427 cm³/mol. The molecule has 12 unspecified atom stereocenters. The first-order chi connectivity index (χ1) is 54.3. The molecule has 596 valence electrons. The maximum Gasteiger partial charge on any atom is 0.231 e. The minimum atomic E-state index is -0.177. The number of likely N-dealkylation sites (N-methyl/N-ethyl adjacent to an activating group) is 1. The SMILES string of the molecule is C.C.CN1C2CCC1/C(=C/c1ccc3c(c1)OCO3)C(=O)/C2=C\c1ccc2c(c1)OCO2.CN1C2CCC1C(Cc1ccc(O)c(O)c1)C(=O)C2Cc1ccc(O)c(O)c1.CN1C2CCC1C(Cc1ccc3c(c1)OCO3)C(=O)C2Cc1ccc2c(c1)OCO2.CN1C2CCC1CC(=O)C2.O=Cc1ccc2c(c1)OCO2.[2H][CH-][19BH2]. The molecule has 0 aliphatic carbocycles. The molecule has 8 saturated heterocycles. The number of ketones is 4. The van der Waals surface area contributed by atoms with Gasteiger partial charge in [-0.05, 0) is 242 Å². The van der Waals surface area contributed by atoms with Crippen molar-refractivity contribution in [3.8, 4) is 80.5 Å². The van der Waals surface area contributed by atoms with Crippen molar-refractivity contribution in [1.29, 1.82) is 0 Å². The number of piperidine rings is 4. The molecule has 7 aromatic rings. The normalized spacial score (nSPS) is 26.6. The molecule has 12 atom stereocenters. The third-order valence-corrected chi connectivity index (χ3v) is 24.5. The zero-order valence-electron chi connectivity index (χ0n) is 64.0. The first-order valence-corrected chi connectivity index (χ1v) is 38.3. The van der Waals surface area contributed by atoms with Crippen LogP contribution in [0.25, 0.3) is 12.2 Å². The van der Waals surface area contributed by atoms with E-state index in [1.54, 1.807) is 38.2 Å². The van der Waals surface area contributed by atoms with Gasteiger partial charge in [-0.25, -0.2) is 1.37 Å². The van der Waals surface area contributed by atoms with Gasteiger partial charge in [0.1, 0.15) is 23.6 Å². The standard InChI is InChI=1S/C24H25NO5.C24H21NO5.C22H25NO5.C8H13NO.C8H6O3.CH4B.2CH4/c2*1-25-18-4-5-19(25)17(9-15-3-7-21-23(11-15)30-13-28-21)24(26)16(18)8-14-2-6-20-22(10-14)29-12-27-20;1-23-16-4-5-17(23)15(9-13-3-7-19(25)21(27)11-13)22(28)14(16)8-12-2-6-18(24)20(26)10-12;1-9-6-2-3-7(9)5-8(10)4-6;9-4-6-1-2-7-8(3-6)11-5-10-7;1-2;;/h2-3,6-7,10-11,16-19H,4-5,8-9,12-13H2,1H3;2-3,6-11,18-19H,4-5,12-13H2,1H3;2-3,6-7,10-11,14-17,24-27H,4-5,8-9H2,1H3;6-7H,2-5H2,1H3;1-4H,5H2;1-2H2;2*1H4/q;;;;;-1;;/b;16-8-,17-9-;;;;;;/i;;;;;1D,2+8;;. The predicted octanol–water partition coefficient (Wildman–Crippen LogP) is 12.2. The van der Waals surface area contributed by atoms with Crippen LogP contribution in [-0.2, 0) is 44.9 Å². The maximum atomic E-state index is 13.7. The van der Waals surface area contributed by atoms with Crippen LogP contribution in [0.4, 0.5) is 0 Å². The van der Waals surface area contributed by atoms with E-state index in [1.165, 1.54) is 43.9 Å². The smallest absolute Gasteiger partial charge is 0.231 e. The zero-order chi connectivity index (χ0) is 78.0. The summed E-state index contributed by atoms with van der Waals surface area (Å²) in [6.45, 7) is 2.52. The average Bonchev–Trinajstić information content (AvgIpc) is 1.60. The molecule has 0 radical (unpaired) electrons. The van der Waals surface area contributed by atoms with Gasteiger partial charge in [0.2, 0.25) is 34.0 Å². The second-order valence-electron chi connectivity index (χ2n) is 30.6. The molecule has 23 nitrogen and oxygen atoms in total. The summed E-state index contributed by atoms with van der Waals surface area (Å²) in [6.07, 6.45) is 17.4. The van der Waals surface area contributed by atoms with Crippen LogP contribution in [0.5, 0.6) is 80.5 Å². The summed E-state index contributed by atoms with van der Waals surface area (Å²) in [5.74, 6) is 7.62. The fourth-order valence-corrected chi connectivity index (χ4v) is 18.8. The third-order valence-electron chi connectivity index (χ3n) is 24.5. The Morgan fingerprint density at radius 2 is 0.690 bits per heavy atom. The number of Topliss-reactive ketones (excluding diaryl/α,β-unsaturated/α-hetero) is 4. The Bertz CT molecular complexity index is 4530. The molecule has 13 heterocycles. The Morgan fingerprint density at radius 3 is 1.04 bits per heavy atom. The summed E-state index contributed by atoms with van der Waals surface area (Å²) in [5.41, 5.74) is 8.09. The Balaban J connectivity index is 0.000000129. The van der Waals surface area contributed by atoms with Gasteiger partial charge in [0.15, 0.2) is 86.3 Å². The van der Waals surface area contributed by atoms with Crippen LogP contribution in [0.15, 0.2) is 139 Å². The molecule has 8 fully saturated rings. The number of benzene rings is 7.